The molecule has 0 saturated heterocycles. The number of amides is 1. The molecule has 2 rings (SSSR count). The van der Waals surface area contributed by atoms with Crippen LogP contribution in [0.15, 0.2) is 42.5 Å². The van der Waals surface area contributed by atoms with Gasteiger partial charge in [0, 0.05) is 31.0 Å². The first-order valence-corrected chi connectivity index (χ1v) is 6.42. The van der Waals surface area contributed by atoms with Crippen molar-refractivity contribution in [1.29, 1.82) is 0 Å². The van der Waals surface area contributed by atoms with Crippen molar-refractivity contribution in [3.63, 3.8) is 0 Å². The minimum atomic E-state index is -0.274. The Bertz CT molecular complexity index is 624. The number of benzene rings is 2. The lowest BCUT2D eigenvalue weighted by Crippen LogP contribution is -2.12. The number of carbonyl (C=O) groups is 1. The molecular weight excluding hydrogens is 276 g/mol. The summed E-state index contributed by atoms with van der Waals surface area (Å²) in [6, 6.07) is 11.8. The van der Waals surface area contributed by atoms with Crippen molar-refractivity contribution in [2.45, 2.75) is 0 Å². The molecule has 0 spiro atoms. The predicted octanol–water partition coefficient (Wildman–Crippen LogP) is 3.36. The molecule has 5 heteroatoms. The van der Waals surface area contributed by atoms with Crippen LogP contribution in [0.4, 0.5) is 11.4 Å². The summed E-state index contributed by atoms with van der Waals surface area (Å²) in [5.41, 5.74) is 2.14. The van der Waals surface area contributed by atoms with Crippen LogP contribution in [0.3, 0.4) is 0 Å². The van der Waals surface area contributed by atoms with Crippen molar-refractivity contribution in [1.82, 2.24) is 0 Å². The van der Waals surface area contributed by atoms with E-state index >= 15 is 0 Å². The molecule has 2 aromatic rings. The van der Waals surface area contributed by atoms with Gasteiger partial charge in [0.15, 0.2) is 0 Å². The van der Waals surface area contributed by atoms with Gasteiger partial charge in [0.05, 0.1) is 5.02 Å². The highest BCUT2D eigenvalue weighted by Gasteiger charge is 2.08. The molecule has 4 nitrogen and oxygen atoms in total. The number of phenols is 1. The molecule has 20 heavy (non-hydrogen) atoms. The maximum absolute atomic E-state index is 12.0. The Morgan fingerprint density at radius 3 is 2.35 bits per heavy atom. The molecule has 0 unspecified atom stereocenters. The Labute approximate surface area is 122 Å². The fourth-order valence-electron chi connectivity index (χ4n) is 1.69. The van der Waals surface area contributed by atoms with Crippen LogP contribution in [0, 0.1) is 0 Å². The number of phenolic OH excluding ortho intramolecular Hbond substituents is 1. The number of hydrogen-bond acceptors (Lipinski definition) is 3. The van der Waals surface area contributed by atoms with Crippen molar-refractivity contribution < 1.29 is 9.90 Å². The highest BCUT2D eigenvalue weighted by molar-refractivity contribution is 6.32. The van der Waals surface area contributed by atoms with Gasteiger partial charge in [-0.05, 0) is 42.5 Å². The molecule has 0 bridgehead atoms. The molecule has 2 N–H and O–H groups in total. The van der Waals surface area contributed by atoms with E-state index in [-0.39, 0.29) is 16.7 Å². The lowest BCUT2D eigenvalue weighted by atomic mass is 10.2. The predicted molar refractivity (Wildman–Crippen MR) is 81.8 cm³/mol. The van der Waals surface area contributed by atoms with E-state index in [0.717, 1.165) is 5.69 Å². The molecule has 0 atom stereocenters. The van der Waals surface area contributed by atoms with Gasteiger partial charge >= 0.3 is 0 Å². The summed E-state index contributed by atoms with van der Waals surface area (Å²) in [6.07, 6.45) is 0. The molecule has 1 amide bonds. The zero-order chi connectivity index (χ0) is 14.7. The zero-order valence-electron chi connectivity index (χ0n) is 11.2. The molecule has 0 heterocycles. The Balaban J connectivity index is 2.12. The summed E-state index contributed by atoms with van der Waals surface area (Å²) in [5, 5.41) is 12.3. The van der Waals surface area contributed by atoms with Crippen molar-refractivity contribution in [2.24, 2.45) is 0 Å². The van der Waals surface area contributed by atoms with Crippen molar-refractivity contribution >= 4 is 28.9 Å². The first-order chi connectivity index (χ1) is 9.47. The lowest BCUT2D eigenvalue weighted by molar-refractivity contribution is 0.102. The second-order valence-corrected chi connectivity index (χ2v) is 4.97. The van der Waals surface area contributed by atoms with Gasteiger partial charge in [-0.1, -0.05) is 11.6 Å². The summed E-state index contributed by atoms with van der Waals surface area (Å²) in [6.45, 7) is 0. The molecule has 0 aromatic heterocycles. The maximum Gasteiger partial charge on any atom is 0.255 e. The summed E-state index contributed by atoms with van der Waals surface area (Å²) in [5.74, 6) is -0.317. The minimum absolute atomic E-state index is 0.0430. The standard InChI is InChI=1S/C15H15ClN2O2/c1-18(2)12-6-4-11(5-7-12)17-15(20)10-3-8-14(19)13(16)9-10/h3-9,19H,1-2H3,(H,17,20). The Kier molecular flexibility index (Phi) is 4.15. The van der Waals surface area contributed by atoms with Crippen molar-refractivity contribution in [3.05, 3.63) is 53.1 Å². The first kappa shape index (κ1) is 14.2. The van der Waals surface area contributed by atoms with Gasteiger partial charge in [-0.25, -0.2) is 0 Å². The highest BCUT2D eigenvalue weighted by Crippen LogP contribution is 2.24. The molecule has 0 radical (unpaired) electrons. The van der Waals surface area contributed by atoms with E-state index in [1.54, 1.807) is 0 Å². The second kappa shape index (κ2) is 5.84. The van der Waals surface area contributed by atoms with Crippen LogP contribution in [0.1, 0.15) is 10.4 Å². The van der Waals surface area contributed by atoms with E-state index in [1.165, 1.54) is 18.2 Å². The molecular formula is C15H15ClN2O2. The van der Waals surface area contributed by atoms with Gasteiger partial charge in [0.25, 0.3) is 5.91 Å². The number of halogens is 1. The fraction of sp³-hybridized carbons (Fsp3) is 0.133. The molecule has 2 aromatic carbocycles. The van der Waals surface area contributed by atoms with Crippen molar-refractivity contribution in [2.75, 3.05) is 24.3 Å². The Morgan fingerprint density at radius 1 is 1.15 bits per heavy atom. The molecule has 0 fully saturated rings. The summed E-state index contributed by atoms with van der Waals surface area (Å²) in [7, 11) is 3.90. The first-order valence-electron chi connectivity index (χ1n) is 6.04. The second-order valence-electron chi connectivity index (χ2n) is 4.56. The van der Waals surface area contributed by atoms with Gasteiger partial charge in [0.1, 0.15) is 5.75 Å². The number of hydrogen-bond donors (Lipinski definition) is 2. The largest absolute Gasteiger partial charge is 0.506 e. The van der Waals surface area contributed by atoms with E-state index in [2.05, 4.69) is 5.32 Å². The smallest absolute Gasteiger partial charge is 0.255 e. The minimum Gasteiger partial charge on any atom is -0.506 e. The van der Waals surface area contributed by atoms with E-state index < -0.39 is 0 Å². The number of nitrogens with one attached hydrogen (secondary N) is 1. The van der Waals surface area contributed by atoms with Crippen LogP contribution in [0.5, 0.6) is 5.75 Å². The number of aromatic hydroxyl groups is 1. The maximum atomic E-state index is 12.0. The van der Waals surface area contributed by atoms with E-state index in [0.29, 0.717) is 11.3 Å². The van der Waals surface area contributed by atoms with Crippen molar-refractivity contribution in [3.8, 4) is 5.75 Å². The Morgan fingerprint density at radius 2 is 1.80 bits per heavy atom. The normalized spacial score (nSPS) is 10.2. The van der Waals surface area contributed by atoms with Gasteiger partial charge in [-0.2, -0.15) is 0 Å². The van der Waals surface area contributed by atoms with Gasteiger partial charge in [0.2, 0.25) is 0 Å². The average Bonchev–Trinajstić information content (AvgIpc) is 2.42. The monoisotopic (exact) mass is 290 g/mol. The Hall–Kier alpha value is -2.20. The van der Waals surface area contributed by atoms with Crippen LogP contribution in [-0.4, -0.2) is 25.1 Å². The third kappa shape index (κ3) is 3.22. The quantitative estimate of drug-likeness (QED) is 0.911. The van der Waals surface area contributed by atoms with Crippen LogP contribution in [0.25, 0.3) is 0 Å². The molecule has 0 saturated carbocycles. The summed E-state index contributed by atoms with van der Waals surface area (Å²) < 4.78 is 0. The number of rotatable bonds is 3. The zero-order valence-corrected chi connectivity index (χ0v) is 12.0. The van der Waals surface area contributed by atoms with Crippen LogP contribution < -0.4 is 10.2 Å². The van der Waals surface area contributed by atoms with Gasteiger partial charge in [-0.15, -0.1) is 0 Å². The SMILES string of the molecule is CN(C)c1ccc(NC(=O)c2ccc(O)c(Cl)c2)cc1. The average molecular weight is 291 g/mol. The van der Waals surface area contributed by atoms with Crippen LogP contribution in [0.2, 0.25) is 5.02 Å². The molecule has 104 valence electrons. The number of nitrogens with zero attached hydrogens (tertiary/aromatic N) is 1. The fourth-order valence-corrected chi connectivity index (χ4v) is 1.87. The van der Waals surface area contributed by atoms with Crippen LogP contribution >= 0.6 is 11.6 Å². The summed E-state index contributed by atoms with van der Waals surface area (Å²) >= 11 is 5.78. The lowest BCUT2D eigenvalue weighted by Gasteiger charge is -2.13. The topological polar surface area (TPSA) is 52.6 Å². The van der Waals surface area contributed by atoms with Gasteiger partial charge in [-0.3, -0.25) is 4.79 Å². The molecule has 0 aliphatic heterocycles. The van der Waals surface area contributed by atoms with Gasteiger partial charge < -0.3 is 15.3 Å². The number of carbonyl (C=O) groups excluding carboxylic acids is 1. The molecule has 0 aliphatic carbocycles. The third-order valence-corrected chi connectivity index (χ3v) is 3.15. The number of anilines is 2. The molecule has 0 aliphatic rings. The van der Waals surface area contributed by atoms with E-state index in [1.807, 2.05) is 43.3 Å². The third-order valence-electron chi connectivity index (χ3n) is 2.85. The summed E-state index contributed by atoms with van der Waals surface area (Å²) in [4.78, 5) is 14.0. The highest BCUT2D eigenvalue weighted by atomic mass is 35.5. The van der Waals surface area contributed by atoms with Crippen LogP contribution in [-0.2, 0) is 0 Å². The van der Waals surface area contributed by atoms with E-state index in [9.17, 15) is 9.90 Å². The van der Waals surface area contributed by atoms with E-state index in [4.69, 9.17) is 11.6 Å².